The van der Waals surface area contributed by atoms with Gasteiger partial charge in [-0.1, -0.05) is 38.7 Å². The molecule has 2 nitrogen and oxygen atoms in total. The van der Waals surface area contributed by atoms with Gasteiger partial charge in [0, 0.05) is 12.1 Å². The first kappa shape index (κ1) is 16.1. The maximum Gasteiger partial charge on any atom is 0.128 e. The van der Waals surface area contributed by atoms with E-state index in [1.165, 1.54) is 0 Å². The summed E-state index contributed by atoms with van der Waals surface area (Å²) < 4.78 is 0. The standard InChI is InChI=1S/C8H12N2.C3H6.C2H6/c1-3-7(4-2)8-9-5-6-10-8;1-3-2;1-2/h3-4H,1,5-6H2,2H3,(H,9,10);3H,1H2,2H3;1-2H3/b7-4+;;. The number of nitrogens with zero attached hydrogens (tertiary/aromatic N) is 1. The molecule has 1 aliphatic rings. The van der Waals surface area contributed by atoms with Gasteiger partial charge in [0.25, 0.3) is 0 Å². The summed E-state index contributed by atoms with van der Waals surface area (Å²) in [5.41, 5.74) is 1.09. The van der Waals surface area contributed by atoms with E-state index in [1.54, 1.807) is 6.08 Å². The Morgan fingerprint density at radius 2 is 1.87 bits per heavy atom. The van der Waals surface area contributed by atoms with Gasteiger partial charge in [0.15, 0.2) is 0 Å². The van der Waals surface area contributed by atoms with Gasteiger partial charge in [-0.3, -0.25) is 4.99 Å². The minimum atomic E-state index is 0.889. The first-order chi connectivity index (χ1) is 7.29. The molecule has 0 saturated heterocycles. The summed E-state index contributed by atoms with van der Waals surface area (Å²) >= 11 is 0. The molecule has 2 heteroatoms. The van der Waals surface area contributed by atoms with Crippen LogP contribution in [0.5, 0.6) is 0 Å². The molecule has 0 amide bonds. The van der Waals surface area contributed by atoms with Gasteiger partial charge in [-0.05, 0) is 13.8 Å². The van der Waals surface area contributed by atoms with Crippen molar-refractivity contribution in [2.75, 3.05) is 13.1 Å². The molecule has 0 saturated carbocycles. The maximum atomic E-state index is 4.24. The Hall–Kier alpha value is -1.31. The maximum absolute atomic E-state index is 4.24. The number of amidine groups is 1. The Bertz CT molecular complexity index is 225. The zero-order valence-corrected chi connectivity index (χ0v) is 10.5. The van der Waals surface area contributed by atoms with Crippen molar-refractivity contribution in [3.8, 4) is 0 Å². The number of hydrogen-bond donors (Lipinski definition) is 1. The number of aliphatic imine (C=N–C) groups is 1. The Kier molecular flexibility index (Phi) is 13.6. The molecule has 0 unspecified atom stereocenters. The molecule has 0 aliphatic carbocycles. The van der Waals surface area contributed by atoms with Crippen molar-refractivity contribution in [1.29, 1.82) is 0 Å². The highest BCUT2D eigenvalue weighted by Gasteiger charge is 2.05. The van der Waals surface area contributed by atoms with Crippen LogP contribution >= 0.6 is 0 Å². The molecule has 0 aromatic rings. The van der Waals surface area contributed by atoms with Crippen molar-refractivity contribution in [2.24, 2.45) is 4.99 Å². The Balaban J connectivity index is 0. The van der Waals surface area contributed by atoms with E-state index in [0.717, 1.165) is 24.5 Å². The summed E-state index contributed by atoms with van der Waals surface area (Å²) in [5.74, 6) is 0.984. The molecule has 0 fully saturated rings. The van der Waals surface area contributed by atoms with Gasteiger partial charge in [-0.25, -0.2) is 0 Å². The van der Waals surface area contributed by atoms with Crippen molar-refractivity contribution in [2.45, 2.75) is 27.7 Å². The van der Waals surface area contributed by atoms with E-state index >= 15 is 0 Å². The summed E-state index contributed by atoms with van der Waals surface area (Å²) in [6.45, 7) is 16.8. The third-order valence-electron chi connectivity index (χ3n) is 1.48. The van der Waals surface area contributed by atoms with Gasteiger partial charge >= 0.3 is 0 Å². The van der Waals surface area contributed by atoms with Crippen LogP contribution in [0.1, 0.15) is 27.7 Å². The van der Waals surface area contributed by atoms with Crippen LogP contribution in [-0.2, 0) is 0 Å². The fourth-order valence-corrected chi connectivity index (χ4v) is 0.943. The Morgan fingerprint density at radius 3 is 2.13 bits per heavy atom. The predicted octanol–water partition coefficient (Wildman–Crippen LogP) is 3.34. The fraction of sp³-hybridized carbons (Fsp3) is 0.462. The molecule has 0 radical (unpaired) electrons. The van der Waals surface area contributed by atoms with Crippen molar-refractivity contribution in [1.82, 2.24) is 5.32 Å². The second kappa shape index (κ2) is 12.7. The smallest absolute Gasteiger partial charge is 0.128 e. The minimum Gasteiger partial charge on any atom is -0.368 e. The summed E-state index contributed by atoms with van der Waals surface area (Å²) in [5, 5.41) is 3.17. The molecule has 0 aromatic heterocycles. The van der Waals surface area contributed by atoms with Crippen LogP contribution in [0, 0.1) is 0 Å². The molecule has 0 aromatic carbocycles. The lowest BCUT2D eigenvalue weighted by Gasteiger charge is -1.99. The zero-order valence-electron chi connectivity index (χ0n) is 10.5. The lowest BCUT2D eigenvalue weighted by Crippen LogP contribution is -2.19. The van der Waals surface area contributed by atoms with Crippen LogP contribution < -0.4 is 5.32 Å². The monoisotopic (exact) mass is 208 g/mol. The van der Waals surface area contributed by atoms with E-state index in [9.17, 15) is 0 Å². The third-order valence-corrected chi connectivity index (χ3v) is 1.48. The molecule has 0 atom stereocenters. The summed E-state index contributed by atoms with van der Waals surface area (Å²) in [4.78, 5) is 4.24. The number of nitrogens with one attached hydrogen (secondary N) is 1. The van der Waals surface area contributed by atoms with Gasteiger partial charge in [-0.15, -0.1) is 6.58 Å². The normalized spacial score (nSPS) is 13.3. The van der Waals surface area contributed by atoms with Gasteiger partial charge < -0.3 is 5.32 Å². The van der Waals surface area contributed by atoms with Gasteiger partial charge in [0.1, 0.15) is 5.84 Å². The van der Waals surface area contributed by atoms with E-state index in [1.807, 2.05) is 39.8 Å². The molecule has 15 heavy (non-hydrogen) atoms. The number of rotatable bonds is 2. The first-order valence-corrected chi connectivity index (χ1v) is 5.44. The van der Waals surface area contributed by atoms with Crippen LogP contribution in [0.15, 0.2) is 42.0 Å². The minimum absolute atomic E-state index is 0.889. The highest BCUT2D eigenvalue weighted by Crippen LogP contribution is 2.00. The van der Waals surface area contributed by atoms with Gasteiger partial charge in [-0.2, -0.15) is 0 Å². The van der Waals surface area contributed by atoms with Crippen molar-refractivity contribution < 1.29 is 0 Å². The van der Waals surface area contributed by atoms with Crippen LogP contribution in [0.2, 0.25) is 0 Å². The summed E-state index contributed by atoms with van der Waals surface area (Å²) in [7, 11) is 0. The molecule has 1 N–H and O–H groups in total. The van der Waals surface area contributed by atoms with E-state index in [0.29, 0.717) is 0 Å². The predicted molar refractivity (Wildman–Crippen MR) is 71.5 cm³/mol. The highest BCUT2D eigenvalue weighted by molar-refractivity contribution is 6.01. The van der Waals surface area contributed by atoms with Crippen LogP contribution in [0.25, 0.3) is 0 Å². The van der Waals surface area contributed by atoms with Crippen molar-refractivity contribution in [3.63, 3.8) is 0 Å². The first-order valence-electron chi connectivity index (χ1n) is 5.44. The molecule has 0 bridgehead atoms. The lowest BCUT2D eigenvalue weighted by molar-refractivity contribution is 0.960. The molecule has 1 rings (SSSR count). The SMILES string of the molecule is C=C/C(=C\C)C1=NCCN1.C=CC.CC. The van der Waals surface area contributed by atoms with Gasteiger partial charge in [0.05, 0.1) is 6.54 Å². The number of allylic oxidation sites excluding steroid dienone is 2. The van der Waals surface area contributed by atoms with Gasteiger partial charge in [0.2, 0.25) is 0 Å². The van der Waals surface area contributed by atoms with E-state index in [-0.39, 0.29) is 0 Å². The largest absolute Gasteiger partial charge is 0.368 e. The van der Waals surface area contributed by atoms with E-state index in [2.05, 4.69) is 23.5 Å². The highest BCUT2D eigenvalue weighted by atomic mass is 15.1. The van der Waals surface area contributed by atoms with Crippen LogP contribution in [0.3, 0.4) is 0 Å². The molecule has 1 aliphatic heterocycles. The van der Waals surface area contributed by atoms with Crippen LogP contribution in [0.4, 0.5) is 0 Å². The lowest BCUT2D eigenvalue weighted by atomic mass is 10.2. The second-order valence-electron chi connectivity index (χ2n) is 2.51. The summed E-state index contributed by atoms with van der Waals surface area (Å²) in [6.07, 6.45) is 5.57. The molecular weight excluding hydrogens is 184 g/mol. The molecular formula is C13H24N2. The zero-order chi connectivity index (χ0) is 12.1. The summed E-state index contributed by atoms with van der Waals surface area (Å²) in [6, 6.07) is 0. The van der Waals surface area contributed by atoms with E-state index < -0.39 is 0 Å². The fourth-order valence-electron chi connectivity index (χ4n) is 0.943. The average Bonchev–Trinajstić information content (AvgIpc) is 2.78. The Morgan fingerprint density at radius 1 is 1.33 bits per heavy atom. The Labute approximate surface area is 94.5 Å². The molecule has 86 valence electrons. The average molecular weight is 208 g/mol. The topological polar surface area (TPSA) is 24.4 Å². The molecule has 0 spiro atoms. The number of hydrogen-bond acceptors (Lipinski definition) is 2. The van der Waals surface area contributed by atoms with Crippen LogP contribution in [-0.4, -0.2) is 18.9 Å². The third kappa shape index (κ3) is 7.74. The van der Waals surface area contributed by atoms with Crippen molar-refractivity contribution in [3.05, 3.63) is 37.0 Å². The molecule has 1 heterocycles. The quantitative estimate of drug-likeness (QED) is 0.546. The van der Waals surface area contributed by atoms with Crippen molar-refractivity contribution >= 4 is 5.84 Å². The van der Waals surface area contributed by atoms with E-state index in [4.69, 9.17) is 0 Å². The second-order valence-corrected chi connectivity index (χ2v) is 2.51.